The number of benzene rings is 1. The van der Waals surface area contributed by atoms with Gasteiger partial charge >= 0.3 is 0 Å². The molecule has 1 aromatic heterocycles. The summed E-state index contributed by atoms with van der Waals surface area (Å²) in [5.41, 5.74) is 6.77. The van der Waals surface area contributed by atoms with E-state index in [0.29, 0.717) is 21.5 Å². The van der Waals surface area contributed by atoms with Gasteiger partial charge < -0.3 is 10.3 Å². The first-order valence-corrected chi connectivity index (χ1v) is 7.59. The van der Waals surface area contributed by atoms with E-state index in [1.807, 2.05) is 0 Å². The zero-order valence-corrected chi connectivity index (χ0v) is 12.7. The van der Waals surface area contributed by atoms with Crippen LogP contribution in [0.1, 0.15) is 11.5 Å². The van der Waals surface area contributed by atoms with Crippen molar-refractivity contribution in [2.75, 3.05) is 10.5 Å². The first kappa shape index (κ1) is 13.9. The first-order chi connectivity index (χ1) is 8.81. The van der Waals surface area contributed by atoms with Crippen LogP contribution < -0.4 is 10.5 Å². The molecule has 0 unspecified atom stereocenters. The van der Waals surface area contributed by atoms with Gasteiger partial charge in [0, 0.05) is 10.2 Å². The SMILES string of the molecule is Cc1noc(C)c1S(=O)(=O)Nc1cc(N)ccc1Br. The van der Waals surface area contributed by atoms with Crippen molar-refractivity contribution >= 4 is 37.3 Å². The van der Waals surface area contributed by atoms with E-state index in [4.69, 9.17) is 10.3 Å². The molecule has 0 fully saturated rings. The molecule has 19 heavy (non-hydrogen) atoms. The molecule has 2 rings (SSSR count). The maximum absolute atomic E-state index is 12.3. The second-order valence-electron chi connectivity index (χ2n) is 4.00. The van der Waals surface area contributed by atoms with Crippen LogP contribution >= 0.6 is 15.9 Å². The Hall–Kier alpha value is -1.54. The van der Waals surface area contributed by atoms with Crippen molar-refractivity contribution in [1.82, 2.24) is 5.16 Å². The minimum atomic E-state index is -3.76. The minimum absolute atomic E-state index is 0.0434. The van der Waals surface area contributed by atoms with Crippen molar-refractivity contribution in [3.8, 4) is 0 Å². The normalized spacial score (nSPS) is 11.5. The maximum Gasteiger partial charge on any atom is 0.267 e. The molecule has 0 spiro atoms. The van der Waals surface area contributed by atoms with Gasteiger partial charge in [0.15, 0.2) is 10.7 Å². The second-order valence-corrected chi connectivity index (χ2v) is 6.47. The van der Waals surface area contributed by atoms with Crippen molar-refractivity contribution in [3.05, 3.63) is 34.1 Å². The van der Waals surface area contributed by atoms with Crippen LogP contribution in [0.4, 0.5) is 11.4 Å². The number of halogens is 1. The molecule has 0 aliphatic rings. The predicted molar refractivity (Wildman–Crippen MR) is 75.3 cm³/mol. The Balaban J connectivity index is 2.45. The fourth-order valence-corrected chi connectivity index (χ4v) is 3.55. The summed E-state index contributed by atoms with van der Waals surface area (Å²) in [5.74, 6) is 0.241. The lowest BCUT2D eigenvalue weighted by molar-refractivity contribution is 0.390. The molecule has 0 aliphatic heterocycles. The number of sulfonamides is 1. The average Bonchev–Trinajstić information content (AvgIpc) is 2.64. The lowest BCUT2D eigenvalue weighted by Crippen LogP contribution is -2.15. The number of rotatable bonds is 3. The van der Waals surface area contributed by atoms with E-state index >= 15 is 0 Å². The first-order valence-electron chi connectivity index (χ1n) is 5.32. The molecule has 3 N–H and O–H groups in total. The van der Waals surface area contributed by atoms with E-state index in [2.05, 4.69) is 25.8 Å². The molecule has 0 atom stereocenters. The van der Waals surface area contributed by atoms with Crippen LogP contribution in [0.5, 0.6) is 0 Å². The fourth-order valence-electron chi connectivity index (χ4n) is 1.68. The number of nitrogens with zero attached hydrogens (tertiary/aromatic N) is 1. The number of nitrogens with two attached hydrogens (primary N) is 1. The Labute approximate surface area is 119 Å². The van der Waals surface area contributed by atoms with Gasteiger partial charge in [-0.3, -0.25) is 4.72 Å². The Morgan fingerprint density at radius 3 is 2.63 bits per heavy atom. The largest absolute Gasteiger partial charge is 0.399 e. The van der Waals surface area contributed by atoms with Gasteiger partial charge in [0.05, 0.1) is 5.69 Å². The van der Waals surface area contributed by atoms with E-state index < -0.39 is 10.0 Å². The Kier molecular flexibility index (Phi) is 3.55. The summed E-state index contributed by atoms with van der Waals surface area (Å²) in [4.78, 5) is 0.0434. The van der Waals surface area contributed by atoms with Gasteiger partial charge in [-0.25, -0.2) is 8.42 Å². The molecule has 1 aromatic carbocycles. The predicted octanol–water partition coefficient (Wildman–Crippen LogP) is 2.44. The summed E-state index contributed by atoms with van der Waals surface area (Å²) < 4.78 is 32.5. The molecule has 1 heterocycles. The van der Waals surface area contributed by atoms with Crippen molar-refractivity contribution in [2.24, 2.45) is 0 Å². The van der Waals surface area contributed by atoms with Gasteiger partial charge in [0.2, 0.25) is 0 Å². The molecule has 8 heteroatoms. The number of hydrogen-bond acceptors (Lipinski definition) is 5. The number of hydrogen-bond donors (Lipinski definition) is 2. The second kappa shape index (κ2) is 4.86. The van der Waals surface area contributed by atoms with Crippen molar-refractivity contribution in [2.45, 2.75) is 18.7 Å². The molecule has 0 bridgehead atoms. The van der Waals surface area contributed by atoms with Gasteiger partial charge in [0.1, 0.15) is 5.69 Å². The lowest BCUT2D eigenvalue weighted by Gasteiger charge is -2.10. The van der Waals surface area contributed by atoms with E-state index in [-0.39, 0.29) is 10.7 Å². The van der Waals surface area contributed by atoms with Gasteiger partial charge in [-0.2, -0.15) is 0 Å². The van der Waals surface area contributed by atoms with Crippen molar-refractivity contribution < 1.29 is 12.9 Å². The highest BCUT2D eigenvalue weighted by Crippen LogP contribution is 2.28. The monoisotopic (exact) mass is 345 g/mol. The van der Waals surface area contributed by atoms with E-state index in [1.54, 1.807) is 26.0 Å². The van der Waals surface area contributed by atoms with E-state index in [9.17, 15) is 8.42 Å². The molecular formula is C11H12BrN3O3S. The minimum Gasteiger partial charge on any atom is -0.399 e. The summed E-state index contributed by atoms with van der Waals surface area (Å²) in [5, 5.41) is 3.63. The molecule has 2 aromatic rings. The topological polar surface area (TPSA) is 98.2 Å². The summed E-state index contributed by atoms with van der Waals surface area (Å²) in [7, 11) is -3.76. The van der Waals surface area contributed by atoms with Crippen LogP contribution in [0.2, 0.25) is 0 Å². The standard InChI is InChI=1S/C11H12BrN3O3S/c1-6-11(7(2)18-14-6)19(16,17)15-10-5-8(13)3-4-9(10)12/h3-5,15H,13H2,1-2H3. The summed E-state index contributed by atoms with van der Waals surface area (Å²) >= 11 is 3.26. The van der Waals surface area contributed by atoms with Gasteiger partial charge in [-0.15, -0.1) is 0 Å². The molecule has 0 saturated heterocycles. The Morgan fingerprint density at radius 2 is 2.05 bits per heavy atom. The third-order valence-electron chi connectivity index (χ3n) is 2.47. The van der Waals surface area contributed by atoms with E-state index in [0.717, 1.165) is 0 Å². The van der Waals surface area contributed by atoms with Gasteiger partial charge in [-0.05, 0) is 48.0 Å². The summed E-state index contributed by atoms with van der Waals surface area (Å²) in [6.07, 6.45) is 0. The van der Waals surface area contributed by atoms with Crippen LogP contribution in [-0.2, 0) is 10.0 Å². The maximum atomic E-state index is 12.3. The van der Waals surface area contributed by atoms with E-state index in [1.165, 1.54) is 6.07 Å². The lowest BCUT2D eigenvalue weighted by atomic mass is 10.3. The number of anilines is 2. The summed E-state index contributed by atoms with van der Waals surface area (Å²) in [6.45, 7) is 3.11. The molecular weight excluding hydrogens is 334 g/mol. The van der Waals surface area contributed by atoms with Gasteiger partial charge in [0.25, 0.3) is 10.0 Å². The number of aromatic nitrogens is 1. The van der Waals surface area contributed by atoms with Gasteiger partial charge in [-0.1, -0.05) is 5.16 Å². The molecule has 0 radical (unpaired) electrons. The highest BCUT2D eigenvalue weighted by Gasteiger charge is 2.24. The number of nitrogens with one attached hydrogen (secondary N) is 1. The third kappa shape index (κ3) is 2.74. The fraction of sp³-hybridized carbons (Fsp3) is 0.182. The average molecular weight is 346 g/mol. The third-order valence-corrected chi connectivity index (χ3v) is 4.77. The Bertz CT molecular complexity index is 705. The van der Waals surface area contributed by atoms with Crippen molar-refractivity contribution in [1.29, 1.82) is 0 Å². The smallest absolute Gasteiger partial charge is 0.267 e. The van der Waals surface area contributed by atoms with Crippen LogP contribution in [0.15, 0.2) is 32.1 Å². The molecule has 102 valence electrons. The van der Waals surface area contributed by atoms with Crippen molar-refractivity contribution in [3.63, 3.8) is 0 Å². The highest BCUT2D eigenvalue weighted by atomic mass is 79.9. The quantitative estimate of drug-likeness (QED) is 0.832. The molecule has 0 saturated carbocycles. The molecule has 6 nitrogen and oxygen atoms in total. The van der Waals surface area contributed by atoms with Crippen LogP contribution in [0.25, 0.3) is 0 Å². The van der Waals surface area contributed by atoms with Crippen LogP contribution in [-0.4, -0.2) is 13.6 Å². The molecule has 0 aliphatic carbocycles. The zero-order chi connectivity index (χ0) is 14.2. The Morgan fingerprint density at radius 1 is 1.37 bits per heavy atom. The summed E-state index contributed by atoms with van der Waals surface area (Å²) in [6, 6.07) is 4.86. The molecule has 0 amide bonds. The van der Waals surface area contributed by atoms with Crippen LogP contribution in [0, 0.1) is 13.8 Å². The zero-order valence-electron chi connectivity index (χ0n) is 10.3. The number of nitrogen functional groups attached to an aromatic ring is 1. The van der Waals surface area contributed by atoms with Crippen LogP contribution in [0.3, 0.4) is 0 Å². The number of aryl methyl sites for hydroxylation is 2. The highest BCUT2D eigenvalue weighted by molar-refractivity contribution is 9.10.